The number of aliphatic carboxylic acids is 1. The van der Waals surface area contributed by atoms with Gasteiger partial charge in [-0.15, -0.1) is 12.3 Å². The van der Waals surface area contributed by atoms with E-state index < -0.39 is 5.97 Å². The third-order valence-electron chi connectivity index (χ3n) is 2.69. The van der Waals surface area contributed by atoms with Crippen molar-refractivity contribution in [1.29, 1.82) is 0 Å². The molecule has 0 bridgehead atoms. The Bertz CT molecular complexity index is 233. The van der Waals surface area contributed by atoms with Crippen LogP contribution < -0.4 is 5.32 Å². The first kappa shape index (κ1) is 15.0. The summed E-state index contributed by atoms with van der Waals surface area (Å²) in [6.07, 6.45) is 9.71. The van der Waals surface area contributed by atoms with Crippen molar-refractivity contribution in [3.05, 3.63) is 0 Å². The van der Waals surface area contributed by atoms with E-state index in [1.54, 1.807) is 6.92 Å². The van der Waals surface area contributed by atoms with Crippen LogP contribution in [0.2, 0.25) is 0 Å². The van der Waals surface area contributed by atoms with Crippen LogP contribution in [0, 0.1) is 18.3 Å². The predicted octanol–water partition coefficient (Wildman–Crippen LogP) is 2.27. The summed E-state index contributed by atoms with van der Waals surface area (Å²) in [7, 11) is 0. The summed E-state index contributed by atoms with van der Waals surface area (Å²) in [4.78, 5) is 10.6. The minimum atomic E-state index is -0.699. The number of hydrogen-bond donors (Lipinski definition) is 2. The molecule has 0 fully saturated rings. The Morgan fingerprint density at radius 1 is 1.38 bits per heavy atom. The third-order valence-corrected chi connectivity index (χ3v) is 2.69. The Labute approximate surface area is 98.6 Å². The van der Waals surface area contributed by atoms with Gasteiger partial charge >= 0.3 is 5.97 Å². The van der Waals surface area contributed by atoms with Crippen LogP contribution >= 0.6 is 0 Å². The molecule has 0 spiro atoms. The van der Waals surface area contributed by atoms with Crippen LogP contribution in [0.25, 0.3) is 0 Å². The lowest BCUT2D eigenvalue weighted by atomic mass is 10.0. The molecular weight excluding hydrogens is 202 g/mol. The number of hydrogen-bond acceptors (Lipinski definition) is 2. The maximum Gasteiger partial charge on any atom is 0.306 e. The molecule has 3 nitrogen and oxygen atoms in total. The standard InChI is InChI=1S/C13H23NO2/c1-4-5-6-10-14-12(3)9-7-8-11(2)13(15)16/h1,11-12,14H,5-10H2,2-3H3,(H,15,16). The molecular formula is C13H23NO2. The van der Waals surface area contributed by atoms with Crippen LogP contribution in [0.4, 0.5) is 0 Å². The molecule has 0 aromatic rings. The zero-order chi connectivity index (χ0) is 12.4. The number of unbranched alkanes of at least 4 members (excludes halogenated alkanes) is 1. The van der Waals surface area contributed by atoms with E-state index in [1.807, 2.05) is 0 Å². The first-order chi connectivity index (χ1) is 7.57. The van der Waals surface area contributed by atoms with Crippen LogP contribution in [0.3, 0.4) is 0 Å². The van der Waals surface area contributed by atoms with Crippen LogP contribution in [0.5, 0.6) is 0 Å². The number of terminal acetylenes is 1. The van der Waals surface area contributed by atoms with Crippen molar-refractivity contribution in [2.24, 2.45) is 5.92 Å². The van der Waals surface area contributed by atoms with E-state index in [0.717, 1.165) is 38.6 Å². The smallest absolute Gasteiger partial charge is 0.306 e. The highest BCUT2D eigenvalue weighted by Crippen LogP contribution is 2.09. The van der Waals surface area contributed by atoms with Crippen molar-refractivity contribution < 1.29 is 9.90 Å². The second-order valence-corrected chi connectivity index (χ2v) is 4.33. The fraction of sp³-hybridized carbons (Fsp3) is 0.769. The molecule has 0 aliphatic heterocycles. The summed E-state index contributed by atoms with van der Waals surface area (Å²) >= 11 is 0. The monoisotopic (exact) mass is 225 g/mol. The fourth-order valence-corrected chi connectivity index (χ4v) is 1.49. The van der Waals surface area contributed by atoms with Crippen LogP contribution in [-0.2, 0) is 4.79 Å². The molecule has 16 heavy (non-hydrogen) atoms. The lowest BCUT2D eigenvalue weighted by molar-refractivity contribution is -0.141. The summed E-state index contributed by atoms with van der Waals surface area (Å²) in [5.41, 5.74) is 0. The molecule has 0 aliphatic carbocycles. The van der Waals surface area contributed by atoms with Crippen LogP contribution in [-0.4, -0.2) is 23.7 Å². The highest BCUT2D eigenvalue weighted by molar-refractivity contribution is 5.69. The second kappa shape index (κ2) is 9.23. The first-order valence-corrected chi connectivity index (χ1v) is 5.97. The van der Waals surface area contributed by atoms with E-state index in [4.69, 9.17) is 11.5 Å². The molecule has 0 amide bonds. The summed E-state index contributed by atoms with van der Waals surface area (Å²) < 4.78 is 0. The van der Waals surface area contributed by atoms with Gasteiger partial charge in [-0.1, -0.05) is 13.3 Å². The summed E-state index contributed by atoms with van der Waals surface area (Å²) in [5, 5.41) is 12.1. The molecule has 2 N–H and O–H groups in total. The summed E-state index contributed by atoms with van der Waals surface area (Å²) in [5.74, 6) is 1.68. The maximum absolute atomic E-state index is 10.6. The third kappa shape index (κ3) is 8.31. The van der Waals surface area contributed by atoms with Crippen molar-refractivity contribution in [3.63, 3.8) is 0 Å². The Hall–Kier alpha value is -1.01. The lowest BCUT2D eigenvalue weighted by Gasteiger charge is -2.13. The van der Waals surface area contributed by atoms with Crippen molar-refractivity contribution in [2.45, 2.75) is 52.0 Å². The number of carboxylic acid groups (broad SMARTS) is 1. The van der Waals surface area contributed by atoms with Gasteiger partial charge in [-0.3, -0.25) is 4.79 Å². The van der Waals surface area contributed by atoms with Crippen molar-refractivity contribution in [3.8, 4) is 12.3 Å². The Balaban J connectivity index is 3.40. The quantitative estimate of drug-likeness (QED) is 0.467. The molecule has 3 heteroatoms. The average Bonchev–Trinajstić information content (AvgIpc) is 2.24. The minimum Gasteiger partial charge on any atom is -0.481 e. The normalized spacial score (nSPS) is 14.1. The number of rotatable bonds is 9. The Morgan fingerprint density at radius 2 is 2.06 bits per heavy atom. The van der Waals surface area contributed by atoms with Gasteiger partial charge in [0.1, 0.15) is 0 Å². The van der Waals surface area contributed by atoms with Gasteiger partial charge in [0.2, 0.25) is 0 Å². The average molecular weight is 225 g/mol. The Kier molecular flexibility index (Phi) is 8.65. The van der Waals surface area contributed by atoms with E-state index >= 15 is 0 Å². The van der Waals surface area contributed by atoms with Gasteiger partial charge in [0.05, 0.1) is 5.92 Å². The maximum atomic E-state index is 10.6. The van der Waals surface area contributed by atoms with E-state index in [9.17, 15) is 4.79 Å². The summed E-state index contributed by atoms with van der Waals surface area (Å²) in [6, 6.07) is 0.443. The first-order valence-electron chi connectivity index (χ1n) is 5.97. The van der Waals surface area contributed by atoms with Gasteiger partial charge in [-0.2, -0.15) is 0 Å². The predicted molar refractivity (Wildman–Crippen MR) is 66.2 cm³/mol. The molecule has 0 rings (SSSR count). The van der Waals surface area contributed by atoms with Gasteiger partial charge in [0.15, 0.2) is 0 Å². The van der Waals surface area contributed by atoms with Gasteiger partial charge in [0, 0.05) is 12.5 Å². The molecule has 92 valence electrons. The largest absolute Gasteiger partial charge is 0.481 e. The SMILES string of the molecule is C#CCCCNC(C)CCCC(C)C(=O)O. The van der Waals surface area contributed by atoms with E-state index in [0.29, 0.717) is 6.04 Å². The fourth-order valence-electron chi connectivity index (χ4n) is 1.49. The van der Waals surface area contributed by atoms with Gasteiger partial charge in [0.25, 0.3) is 0 Å². The van der Waals surface area contributed by atoms with Gasteiger partial charge in [-0.05, 0) is 32.7 Å². The second-order valence-electron chi connectivity index (χ2n) is 4.33. The molecule has 2 unspecified atom stereocenters. The summed E-state index contributed by atoms with van der Waals surface area (Å²) in [6.45, 7) is 4.83. The topological polar surface area (TPSA) is 49.3 Å². The van der Waals surface area contributed by atoms with E-state index in [2.05, 4.69) is 18.2 Å². The van der Waals surface area contributed by atoms with Crippen molar-refractivity contribution in [2.75, 3.05) is 6.54 Å². The highest BCUT2D eigenvalue weighted by Gasteiger charge is 2.10. The van der Waals surface area contributed by atoms with Gasteiger partial charge < -0.3 is 10.4 Å². The lowest BCUT2D eigenvalue weighted by Crippen LogP contribution is -2.27. The van der Waals surface area contributed by atoms with Crippen molar-refractivity contribution in [1.82, 2.24) is 5.32 Å². The molecule has 0 saturated heterocycles. The highest BCUT2D eigenvalue weighted by atomic mass is 16.4. The molecule has 0 heterocycles. The number of carboxylic acids is 1. The molecule has 0 radical (unpaired) electrons. The molecule has 0 aromatic carbocycles. The van der Waals surface area contributed by atoms with Crippen LogP contribution in [0.15, 0.2) is 0 Å². The molecule has 0 aromatic heterocycles. The zero-order valence-electron chi connectivity index (χ0n) is 10.3. The number of carbonyl (C=O) groups is 1. The van der Waals surface area contributed by atoms with Crippen molar-refractivity contribution >= 4 is 5.97 Å². The Morgan fingerprint density at radius 3 is 2.62 bits per heavy atom. The van der Waals surface area contributed by atoms with E-state index in [-0.39, 0.29) is 5.92 Å². The molecule has 0 saturated carbocycles. The van der Waals surface area contributed by atoms with Gasteiger partial charge in [-0.25, -0.2) is 0 Å². The van der Waals surface area contributed by atoms with Crippen LogP contribution in [0.1, 0.15) is 46.0 Å². The zero-order valence-corrected chi connectivity index (χ0v) is 10.3. The van der Waals surface area contributed by atoms with E-state index in [1.165, 1.54) is 0 Å². The molecule has 2 atom stereocenters. The number of nitrogens with one attached hydrogen (secondary N) is 1. The molecule has 0 aliphatic rings. The minimum absolute atomic E-state index is 0.228.